The lowest BCUT2D eigenvalue weighted by Crippen LogP contribution is -2.02. The molecule has 1 unspecified atom stereocenters. The molecule has 0 spiro atoms. The zero-order valence-electron chi connectivity index (χ0n) is 8.98. The van der Waals surface area contributed by atoms with Crippen LogP contribution < -0.4 is 16.1 Å². The summed E-state index contributed by atoms with van der Waals surface area (Å²) in [5, 5.41) is 4.73. The first-order chi connectivity index (χ1) is 7.90. The number of nitrogens with two attached hydrogens (primary N) is 1. The van der Waals surface area contributed by atoms with Gasteiger partial charge in [-0.05, 0) is 16.9 Å². The highest BCUT2D eigenvalue weighted by molar-refractivity contribution is 7.48. The summed E-state index contributed by atoms with van der Waals surface area (Å²) in [7, 11) is 0.576. The number of rotatable bonds is 4. The Morgan fingerprint density at radius 1 is 0.938 bits per heavy atom. The van der Waals surface area contributed by atoms with Crippen LogP contribution in [0.3, 0.4) is 0 Å². The van der Waals surface area contributed by atoms with E-state index in [9.17, 15) is 0 Å². The summed E-state index contributed by atoms with van der Waals surface area (Å²) in [5.74, 6) is 0. The maximum atomic E-state index is 5.68. The van der Waals surface area contributed by atoms with Crippen molar-refractivity contribution in [3.05, 3.63) is 60.2 Å². The summed E-state index contributed by atoms with van der Waals surface area (Å²) in [6, 6.07) is 18.5. The van der Waals surface area contributed by atoms with Gasteiger partial charge in [-0.2, -0.15) is 0 Å². The molecule has 0 aliphatic heterocycles. The van der Waals surface area contributed by atoms with E-state index >= 15 is 0 Å². The molecule has 0 bridgehead atoms. The molecule has 0 saturated carbocycles. The average Bonchev–Trinajstić information content (AvgIpc) is 2.38. The second kappa shape index (κ2) is 5.64. The number of hydrogen-bond acceptors (Lipinski definition) is 2. The van der Waals surface area contributed by atoms with Crippen LogP contribution in [0.2, 0.25) is 0 Å². The summed E-state index contributed by atoms with van der Waals surface area (Å²) >= 11 is 0. The molecule has 2 rings (SSSR count). The van der Waals surface area contributed by atoms with Gasteiger partial charge in [-0.25, -0.2) is 0 Å². The fraction of sp³-hybridized carbons (Fsp3) is 0.0769. The monoisotopic (exact) mass is 230 g/mol. The van der Waals surface area contributed by atoms with Crippen molar-refractivity contribution in [1.29, 1.82) is 0 Å². The number of nitrogens with one attached hydrogen (secondary N) is 1. The van der Waals surface area contributed by atoms with Gasteiger partial charge in [0.05, 0.1) is 0 Å². The molecule has 0 amide bonds. The van der Waals surface area contributed by atoms with Gasteiger partial charge in [0.1, 0.15) is 0 Å². The normalized spacial score (nSPS) is 10.8. The van der Waals surface area contributed by atoms with Crippen LogP contribution in [0, 0.1) is 0 Å². The van der Waals surface area contributed by atoms with Crippen molar-refractivity contribution in [2.24, 2.45) is 5.73 Å². The van der Waals surface area contributed by atoms with E-state index in [0.717, 1.165) is 11.3 Å². The maximum Gasteiger partial charge on any atom is 0.0418 e. The Hall–Kier alpha value is -1.37. The van der Waals surface area contributed by atoms with Gasteiger partial charge < -0.3 is 10.8 Å². The minimum atomic E-state index is 0.572. The largest absolute Gasteiger partial charge is 0.363 e. The molecule has 3 N–H and O–H groups in total. The van der Waals surface area contributed by atoms with Gasteiger partial charge in [-0.15, -0.1) is 0 Å². The van der Waals surface area contributed by atoms with Crippen LogP contribution in [0.4, 0.5) is 5.69 Å². The first kappa shape index (κ1) is 11.1. The van der Waals surface area contributed by atoms with E-state index in [1.54, 1.807) is 0 Å². The van der Waals surface area contributed by atoms with E-state index in [2.05, 4.69) is 41.5 Å². The molecule has 1 atom stereocenters. The smallest absolute Gasteiger partial charge is 0.0418 e. The van der Waals surface area contributed by atoms with Crippen LogP contribution in [0.15, 0.2) is 54.6 Å². The molecule has 0 radical (unpaired) electrons. The van der Waals surface area contributed by atoms with Crippen molar-refractivity contribution >= 4 is 19.7 Å². The standard InChI is InChI=1S/C13H15N2P/c14-10-11-6-4-5-9-13(11)15-16-12-7-2-1-3-8-12/h1-9,15-16H,10,14H2. The second-order valence-corrected chi connectivity index (χ2v) is 4.55. The first-order valence-electron chi connectivity index (χ1n) is 5.25. The van der Waals surface area contributed by atoms with Gasteiger partial charge in [-0.3, -0.25) is 0 Å². The Kier molecular flexibility index (Phi) is 3.92. The molecule has 16 heavy (non-hydrogen) atoms. The van der Waals surface area contributed by atoms with E-state index < -0.39 is 0 Å². The minimum Gasteiger partial charge on any atom is -0.363 e. The number of hydrogen-bond donors (Lipinski definition) is 2. The zero-order chi connectivity index (χ0) is 11.2. The van der Waals surface area contributed by atoms with E-state index in [0.29, 0.717) is 15.3 Å². The molecule has 82 valence electrons. The van der Waals surface area contributed by atoms with Gasteiger partial charge in [-0.1, -0.05) is 48.5 Å². The predicted molar refractivity (Wildman–Crippen MR) is 72.3 cm³/mol. The Bertz CT molecular complexity index is 443. The molecule has 0 aliphatic carbocycles. The molecular weight excluding hydrogens is 215 g/mol. The van der Waals surface area contributed by atoms with Crippen LogP contribution >= 0.6 is 8.73 Å². The van der Waals surface area contributed by atoms with Crippen LogP contribution in [0.5, 0.6) is 0 Å². The molecule has 2 aromatic carbocycles. The SMILES string of the molecule is NCc1ccccc1NPc1ccccc1. The van der Waals surface area contributed by atoms with Crippen LogP contribution in [-0.4, -0.2) is 0 Å². The topological polar surface area (TPSA) is 38.0 Å². The quantitative estimate of drug-likeness (QED) is 0.792. The van der Waals surface area contributed by atoms with Crippen molar-refractivity contribution in [3.63, 3.8) is 0 Å². The van der Waals surface area contributed by atoms with Crippen molar-refractivity contribution in [3.8, 4) is 0 Å². The van der Waals surface area contributed by atoms with E-state index in [1.807, 2.05) is 18.2 Å². The van der Waals surface area contributed by atoms with Crippen molar-refractivity contribution in [1.82, 2.24) is 0 Å². The molecule has 0 fully saturated rings. The van der Waals surface area contributed by atoms with Crippen molar-refractivity contribution < 1.29 is 0 Å². The van der Waals surface area contributed by atoms with Gasteiger partial charge in [0, 0.05) is 21.0 Å². The Balaban J connectivity index is 2.05. The van der Waals surface area contributed by atoms with E-state index in [-0.39, 0.29) is 0 Å². The summed E-state index contributed by atoms with van der Waals surface area (Å²) in [5.41, 5.74) is 7.97. The molecular formula is C13H15N2P. The van der Waals surface area contributed by atoms with Crippen molar-refractivity contribution in [2.75, 3.05) is 5.09 Å². The first-order valence-corrected chi connectivity index (χ1v) is 6.25. The average molecular weight is 230 g/mol. The lowest BCUT2D eigenvalue weighted by molar-refractivity contribution is 1.08. The fourth-order valence-electron chi connectivity index (χ4n) is 1.48. The Morgan fingerprint density at radius 3 is 2.38 bits per heavy atom. The molecule has 2 nitrogen and oxygen atoms in total. The van der Waals surface area contributed by atoms with Gasteiger partial charge in [0.25, 0.3) is 0 Å². The summed E-state index contributed by atoms with van der Waals surface area (Å²) in [6.45, 7) is 0.572. The van der Waals surface area contributed by atoms with Gasteiger partial charge >= 0.3 is 0 Å². The Morgan fingerprint density at radius 2 is 1.62 bits per heavy atom. The minimum absolute atomic E-state index is 0.572. The van der Waals surface area contributed by atoms with Gasteiger partial charge in [0.2, 0.25) is 0 Å². The van der Waals surface area contributed by atoms with Crippen LogP contribution in [-0.2, 0) is 6.54 Å². The second-order valence-electron chi connectivity index (χ2n) is 3.48. The molecule has 2 aromatic rings. The lowest BCUT2D eigenvalue weighted by Gasteiger charge is -2.10. The third-order valence-electron chi connectivity index (χ3n) is 2.35. The number of benzene rings is 2. The summed E-state index contributed by atoms with van der Waals surface area (Å²) in [6.07, 6.45) is 0. The molecule has 0 aromatic heterocycles. The highest BCUT2D eigenvalue weighted by atomic mass is 31.1. The number of para-hydroxylation sites is 1. The lowest BCUT2D eigenvalue weighted by atomic mass is 10.2. The number of anilines is 1. The molecule has 0 heterocycles. The predicted octanol–water partition coefficient (Wildman–Crippen LogP) is 2.48. The fourth-order valence-corrected chi connectivity index (χ4v) is 2.36. The van der Waals surface area contributed by atoms with Crippen LogP contribution in [0.1, 0.15) is 5.56 Å². The Labute approximate surface area is 97.7 Å². The van der Waals surface area contributed by atoms with E-state index in [1.165, 1.54) is 5.30 Å². The third-order valence-corrected chi connectivity index (χ3v) is 3.37. The van der Waals surface area contributed by atoms with Gasteiger partial charge in [0.15, 0.2) is 0 Å². The highest BCUT2D eigenvalue weighted by Crippen LogP contribution is 2.20. The summed E-state index contributed by atoms with van der Waals surface area (Å²) < 4.78 is 0. The molecule has 0 saturated heterocycles. The highest BCUT2D eigenvalue weighted by Gasteiger charge is 1.98. The van der Waals surface area contributed by atoms with E-state index in [4.69, 9.17) is 5.73 Å². The zero-order valence-corrected chi connectivity index (χ0v) is 9.98. The molecule has 3 heteroatoms. The van der Waals surface area contributed by atoms with Crippen LogP contribution in [0.25, 0.3) is 0 Å². The third kappa shape index (κ3) is 2.82. The molecule has 0 aliphatic rings. The summed E-state index contributed by atoms with van der Waals surface area (Å²) in [4.78, 5) is 0. The van der Waals surface area contributed by atoms with Crippen molar-refractivity contribution in [2.45, 2.75) is 6.54 Å². The maximum absolute atomic E-state index is 5.68.